The van der Waals surface area contributed by atoms with Crippen LogP contribution in [0.15, 0.2) is 42.5 Å². The van der Waals surface area contributed by atoms with Gasteiger partial charge in [-0.25, -0.2) is 13.8 Å². The van der Waals surface area contributed by atoms with Crippen LogP contribution in [-0.4, -0.2) is 39.9 Å². The third-order valence-electron chi connectivity index (χ3n) is 4.85. The van der Waals surface area contributed by atoms with Gasteiger partial charge in [-0.2, -0.15) is 0 Å². The average molecular weight is 370 g/mol. The zero-order chi connectivity index (χ0) is 18.8. The summed E-state index contributed by atoms with van der Waals surface area (Å²) in [5, 5.41) is 2.98. The zero-order valence-electron chi connectivity index (χ0n) is 14.7. The second-order valence-corrected chi connectivity index (χ2v) is 6.89. The van der Waals surface area contributed by atoms with Crippen LogP contribution in [0.2, 0.25) is 0 Å². The minimum atomic E-state index is -0.380. The second-order valence-electron chi connectivity index (χ2n) is 6.89. The summed E-state index contributed by atoms with van der Waals surface area (Å²) in [6.45, 7) is 2.03. The van der Waals surface area contributed by atoms with E-state index in [1.807, 2.05) is 6.07 Å². The molecule has 1 aliphatic rings. The smallest absolute Gasteiger partial charge is 0.287 e. The standard InChI is InChI=1S/C20H20F2N4O/c21-14-7-8-17-18(10-14)25-19(24-17)20(27)23-15-5-3-9-26(12-15)11-13-4-1-2-6-16(13)22/h1-2,4,6-8,10,15H,3,5,9,11-12H2,(H,23,27)(H,24,25)/t15-/m0/s1. The molecule has 2 heterocycles. The number of fused-ring (bicyclic) bond motifs is 1. The van der Waals surface area contributed by atoms with Crippen LogP contribution < -0.4 is 5.32 Å². The summed E-state index contributed by atoms with van der Waals surface area (Å²) in [4.78, 5) is 21.7. The van der Waals surface area contributed by atoms with Crippen LogP contribution in [0.4, 0.5) is 8.78 Å². The normalized spacial score (nSPS) is 17.9. The summed E-state index contributed by atoms with van der Waals surface area (Å²) in [6, 6.07) is 10.9. The van der Waals surface area contributed by atoms with E-state index in [1.165, 1.54) is 24.3 Å². The van der Waals surface area contributed by atoms with E-state index in [4.69, 9.17) is 0 Å². The molecule has 1 amide bonds. The number of hydrogen-bond donors (Lipinski definition) is 2. The first-order chi connectivity index (χ1) is 13.1. The Morgan fingerprint density at radius 1 is 1.26 bits per heavy atom. The van der Waals surface area contributed by atoms with Crippen molar-refractivity contribution in [3.63, 3.8) is 0 Å². The number of H-pyrrole nitrogens is 1. The molecular weight excluding hydrogens is 350 g/mol. The zero-order valence-corrected chi connectivity index (χ0v) is 14.7. The van der Waals surface area contributed by atoms with Crippen molar-refractivity contribution in [1.82, 2.24) is 20.2 Å². The number of carbonyl (C=O) groups is 1. The van der Waals surface area contributed by atoms with Crippen LogP contribution in [0, 0.1) is 11.6 Å². The van der Waals surface area contributed by atoms with Crippen LogP contribution in [0.1, 0.15) is 29.0 Å². The molecule has 0 aliphatic carbocycles. The maximum absolute atomic E-state index is 13.9. The fraction of sp³-hybridized carbons (Fsp3) is 0.300. The summed E-state index contributed by atoms with van der Waals surface area (Å²) >= 11 is 0. The van der Waals surface area contributed by atoms with Gasteiger partial charge in [0.1, 0.15) is 11.6 Å². The van der Waals surface area contributed by atoms with Gasteiger partial charge in [-0.1, -0.05) is 18.2 Å². The average Bonchev–Trinajstić information content (AvgIpc) is 3.07. The van der Waals surface area contributed by atoms with Crippen molar-refractivity contribution in [2.24, 2.45) is 0 Å². The number of rotatable bonds is 4. The lowest BCUT2D eigenvalue weighted by Gasteiger charge is -2.33. The number of imidazole rings is 1. The van der Waals surface area contributed by atoms with Gasteiger partial charge in [0.15, 0.2) is 5.82 Å². The van der Waals surface area contributed by atoms with Gasteiger partial charge in [0.25, 0.3) is 5.91 Å². The summed E-state index contributed by atoms with van der Waals surface area (Å²) in [6.07, 6.45) is 1.78. The Balaban J connectivity index is 1.40. The predicted molar refractivity (Wildman–Crippen MR) is 98.2 cm³/mol. The number of aromatic amines is 1. The van der Waals surface area contributed by atoms with Crippen LogP contribution in [0.3, 0.4) is 0 Å². The van der Waals surface area contributed by atoms with Crippen LogP contribution in [0.25, 0.3) is 11.0 Å². The van der Waals surface area contributed by atoms with E-state index in [1.54, 1.807) is 12.1 Å². The number of halogens is 2. The first-order valence-electron chi connectivity index (χ1n) is 9.00. The SMILES string of the molecule is O=C(N[C@H]1CCCN(Cc2ccccc2F)C1)c1nc2ccc(F)cc2[nH]1. The summed E-state index contributed by atoms with van der Waals surface area (Å²) in [5.41, 5.74) is 1.69. The highest BCUT2D eigenvalue weighted by atomic mass is 19.1. The number of hydrogen-bond acceptors (Lipinski definition) is 3. The maximum atomic E-state index is 13.9. The van der Waals surface area contributed by atoms with E-state index in [0.717, 1.165) is 19.4 Å². The van der Waals surface area contributed by atoms with Crippen LogP contribution in [-0.2, 0) is 6.54 Å². The van der Waals surface area contributed by atoms with E-state index >= 15 is 0 Å². The number of benzene rings is 2. The first-order valence-corrected chi connectivity index (χ1v) is 9.00. The number of piperidine rings is 1. The Kier molecular flexibility index (Phi) is 4.85. The quantitative estimate of drug-likeness (QED) is 0.741. The predicted octanol–water partition coefficient (Wildman–Crippen LogP) is 3.24. The van der Waals surface area contributed by atoms with Gasteiger partial charge in [0, 0.05) is 24.7 Å². The minimum Gasteiger partial charge on any atom is -0.345 e. The fourth-order valence-corrected chi connectivity index (χ4v) is 3.53. The molecule has 0 spiro atoms. The topological polar surface area (TPSA) is 61.0 Å². The third kappa shape index (κ3) is 3.98. The highest BCUT2D eigenvalue weighted by Gasteiger charge is 2.23. The molecule has 4 rings (SSSR count). The molecular formula is C20H20F2N4O. The van der Waals surface area contributed by atoms with E-state index < -0.39 is 0 Å². The highest BCUT2D eigenvalue weighted by Crippen LogP contribution is 2.17. The minimum absolute atomic E-state index is 0.0389. The van der Waals surface area contributed by atoms with Gasteiger partial charge in [-0.05, 0) is 43.7 Å². The van der Waals surface area contributed by atoms with Crippen LogP contribution in [0.5, 0.6) is 0 Å². The van der Waals surface area contributed by atoms with Gasteiger partial charge in [-0.15, -0.1) is 0 Å². The van der Waals surface area contributed by atoms with Gasteiger partial charge < -0.3 is 10.3 Å². The summed E-state index contributed by atoms with van der Waals surface area (Å²) in [7, 11) is 0. The van der Waals surface area contributed by atoms with Crippen LogP contribution >= 0.6 is 0 Å². The molecule has 0 saturated carbocycles. The summed E-state index contributed by atoms with van der Waals surface area (Å²) in [5.74, 6) is -0.737. The maximum Gasteiger partial charge on any atom is 0.287 e. The van der Waals surface area contributed by atoms with Gasteiger partial charge >= 0.3 is 0 Å². The third-order valence-corrected chi connectivity index (χ3v) is 4.85. The van der Waals surface area contributed by atoms with Crippen molar-refractivity contribution in [1.29, 1.82) is 0 Å². The van der Waals surface area contributed by atoms with Gasteiger partial charge in [0.05, 0.1) is 11.0 Å². The first kappa shape index (κ1) is 17.6. The number of carbonyl (C=O) groups excluding carboxylic acids is 1. The van der Waals surface area contributed by atoms with E-state index in [-0.39, 0.29) is 29.4 Å². The molecule has 1 atom stereocenters. The molecule has 0 radical (unpaired) electrons. The van der Waals surface area contributed by atoms with Gasteiger partial charge in [0.2, 0.25) is 0 Å². The highest BCUT2D eigenvalue weighted by molar-refractivity contribution is 5.94. The van der Waals surface area contributed by atoms with E-state index in [2.05, 4.69) is 20.2 Å². The Bertz CT molecular complexity index is 972. The second kappa shape index (κ2) is 7.44. The Morgan fingerprint density at radius 2 is 2.11 bits per heavy atom. The lowest BCUT2D eigenvalue weighted by molar-refractivity contribution is 0.0891. The van der Waals surface area contributed by atoms with Crippen molar-refractivity contribution in [2.75, 3.05) is 13.1 Å². The molecule has 1 saturated heterocycles. The molecule has 0 unspecified atom stereocenters. The molecule has 27 heavy (non-hydrogen) atoms. The molecule has 0 bridgehead atoms. The van der Waals surface area contributed by atoms with Crippen molar-refractivity contribution in [3.05, 3.63) is 65.5 Å². The number of nitrogens with one attached hydrogen (secondary N) is 2. The molecule has 3 aromatic rings. The molecule has 5 nitrogen and oxygen atoms in total. The molecule has 140 valence electrons. The molecule has 1 fully saturated rings. The van der Waals surface area contributed by atoms with Crippen molar-refractivity contribution in [2.45, 2.75) is 25.4 Å². The Morgan fingerprint density at radius 3 is 2.96 bits per heavy atom. The number of aromatic nitrogens is 2. The van der Waals surface area contributed by atoms with Gasteiger partial charge in [-0.3, -0.25) is 9.69 Å². The Hall–Kier alpha value is -2.80. The largest absolute Gasteiger partial charge is 0.345 e. The van der Waals surface area contributed by atoms with E-state index in [0.29, 0.717) is 29.7 Å². The fourth-order valence-electron chi connectivity index (χ4n) is 3.53. The molecule has 7 heteroatoms. The van der Waals surface area contributed by atoms with Crippen molar-refractivity contribution < 1.29 is 13.6 Å². The number of amides is 1. The number of nitrogens with zero attached hydrogens (tertiary/aromatic N) is 2. The van der Waals surface area contributed by atoms with Crippen molar-refractivity contribution >= 4 is 16.9 Å². The number of likely N-dealkylation sites (tertiary alicyclic amines) is 1. The lowest BCUT2D eigenvalue weighted by atomic mass is 10.0. The molecule has 2 aromatic carbocycles. The molecule has 1 aliphatic heterocycles. The van der Waals surface area contributed by atoms with Crippen molar-refractivity contribution in [3.8, 4) is 0 Å². The lowest BCUT2D eigenvalue weighted by Crippen LogP contribution is -2.47. The summed E-state index contributed by atoms with van der Waals surface area (Å²) < 4.78 is 27.2. The Labute approximate surface area is 155 Å². The van der Waals surface area contributed by atoms with E-state index in [9.17, 15) is 13.6 Å². The molecule has 1 aromatic heterocycles. The monoisotopic (exact) mass is 370 g/mol. The molecule has 2 N–H and O–H groups in total.